The van der Waals surface area contributed by atoms with Gasteiger partial charge >= 0.3 is 0 Å². The quantitative estimate of drug-likeness (QED) is 0.556. The van der Waals surface area contributed by atoms with Crippen molar-refractivity contribution in [2.45, 2.75) is 46.5 Å². The first kappa shape index (κ1) is 10.2. The Morgan fingerprint density at radius 3 is 2.69 bits per heavy atom. The highest BCUT2D eigenvalue weighted by Gasteiger charge is 2.21. The van der Waals surface area contributed by atoms with Gasteiger partial charge in [0, 0.05) is 14.3 Å². The molecular formula is C12H20O. The molecule has 0 heterocycles. The van der Waals surface area contributed by atoms with Gasteiger partial charge < -0.3 is 0 Å². The standard InChI is InChI=1S/C10H12O.C2H6.H2/c1-7-2-3-8-6-9(11)4-5-10(7)8;1-2;/h2H,3-6H2,1H3;1-2H3;1H. The van der Waals surface area contributed by atoms with E-state index in [-0.39, 0.29) is 1.43 Å². The van der Waals surface area contributed by atoms with Gasteiger partial charge in [-0.15, -0.1) is 0 Å². The van der Waals surface area contributed by atoms with Crippen LogP contribution >= 0.6 is 0 Å². The molecule has 0 atom stereocenters. The molecule has 2 aliphatic rings. The average Bonchev–Trinajstić information content (AvgIpc) is 2.51. The highest BCUT2D eigenvalue weighted by Crippen LogP contribution is 2.35. The monoisotopic (exact) mass is 180 g/mol. The van der Waals surface area contributed by atoms with E-state index >= 15 is 0 Å². The molecule has 0 unspecified atom stereocenters. The smallest absolute Gasteiger partial charge is 0.137 e. The minimum absolute atomic E-state index is 0. The number of Topliss-reactive ketones (excluding diaryl/α,β-unsaturated/α-hetero) is 1. The lowest BCUT2D eigenvalue weighted by atomic mass is 9.90. The Morgan fingerprint density at radius 2 is 2.00 bits per heavy atom. The molecule has 0 aliphatic heterocycles. The summed E-state index contributed by atoms with van der Waals surface area (Å²) in [5.41, 5.74) is 4.27. The molecule has 0 amide bonds. The van der Waals surface area contributed by atoms with Crippen molar-refractivity contribution in [3.63, 3.8) is 0 Å². The lowest BCUT2D eigenvalue weighted by Gasteiger charge is -2.13. The molecule has 13 heavy (non-hydrogen) atoms. The van der Waals surface area contributed by atoms with Gasteiger partial charge in [0.05, 0.1) is 0 Å². The fourth-order valence-corrected chi connectivity index (χ4v) is 1.95. The number of allylic oxidation sites excluding steroid dienone is 4. The first-order valence-corrected chi connectivity index (χ1v) is 5.17. The second-order valence-corrected chi connectivity index (χ2v) is 3.39. The van der Waals surface area contributed by atoms with Crippen molar-refractivity contribution < 1.29 is 6.22 Å². The molecule has 0 spiro atoms. The van der Waals surface area contributed by atoms with Crippen LogP contribution in [0.2, 0.25) is 0 Å². The van der Waals surface area contributed by atoms with Gasteiger partial charge in [0.25, 0.3) is 0 Å². The minimum atomic E-state index is 0. The van der Waals surface area contributed by atoms with E-state index < -0.39 is 0 Å². The summed E-state index contributed by atoms with van der Waals surface area (Å²) in [4.78, 5) is 11.1. The van der Waals surface area contributed by atoms with Crippen LogP contribution in [-0.4, -0.2) is 5.78 Å². The summed E-state index contributed by atoms with van der Waals surface area (Å²) in [5, 5.41) is 0. The van der Waals surface area contributed by atoms with Crippen molar-refractivity contribution in [1.82, 2.24) is 0 Å². The van der Waals surface area contributed by atoms with Crippen LogP contribution in [0.25, 0.3) is 0 Å². The molecule has 1 heteroatoms. The third kappa shape index (κ3) is 2.09. The highest BCUT2D eigenvalue weighted by atomic mass is 16.1. The van der Waals surface area contributed by atoms with Crippen LogP contribution in [-0.2, 0) is 4.79 Å². The van der Waals surface area contributed by atoms with Crippen LogP contribution in [0.5, 0.6) is 0 Å². The number of rotatable bonds is 0. The number of hydrogen-bond donors (Lipinski definition) is 0. The van der Waals surface area contributed by atoms with Crippen molar-refractivity contribution in [3.05, 3.63) is 22.8 Å². The maximum Gasteiger partial charge on any atom is 0.137 e. The van der Waals surface area contributed by atoms with E-state index in [0.717, 1.165) is 25.7 Å². The van der Waals surface area contributed by atoms with Crippen molar-refractivity contribution in [2.75, 3.05) is 0 Å². The first-order chi connectivity index (χ1) is 6.27. The average molecular weight is 180 g/mol. The van der Waals surface area contributed by atoms with Gasteiger partial charge in [0.1, 0.15) is 5.78 Å². The molecule has 1 nitrogen and oxygen atoms in total. The van der Waals surface area contributed by atoms with Gasteiger partial charge in [-0.25, -0.2) is 0 Å². The van der Waals surface area contributed by atoms with Crippen molar-refractivity contribution in [1.29, 1.82) is 0 Å². The third-order valence-corrected chi connectivity index (χ3v) is 2.62. The lowest BCUT2D eigenvalue weighted by Crippen LogP contribution is -2.07. The molecule has 0 bridgehead atoms. The normalized spacial score (nSPS) is 20.5. The third-order valence-electron chi connectivity index (χ3n) is 2.62. The predicted octanol–water partition coefficient (Wildman–Crippen LogP) is 3.66. The van der Waals surface area contributed by atoms with Crippen molar-refractivity contribution in [2.24, 2.45) is 0 Å². The maximum absolute atomic E-state index is 11.1. The van der Waals surface area contributed by atoms with E-state index in [0.29, 0.717) is 5.78 Å². The molecule has 2 rings (SSSR count). The molecule has 0 aromatic rings. The first-order valence-electron chi connectivity index (χ1n) is 5.17. The van der Waals surface area contributed by atoms with Crippen LogP contribution < -0.4 is 0 Å². The molecule has 0 saturated carbocycles. The molecule has 0 N–H and O–H groups in total. The molecule has 0 aromatic carbocycles. The SMILES string of the molecule is CC.CC1=CCC2=C1CCC(=O)C2.[HH]. The summed E-state index contributed by atoms with van der Waals surface area (Å²) in [5.74, 6) is 0.423. The summed E-state index contributed by atoms with van der Waals surface area (Å²) in [6.07, 6.45) is 5.76. The van der Waals surface area contributed by atoms with Crippen LogP contribution in [0.4, 0.5) is 0 Å². The summed E-state index contributed by atoms with van der Waals surface area (Å²) >= 11 is 0. The van der Waals surface area contributed by atoms with Gasteiger partial charge in [-0.3, -0.25) is 4.79 Å². The summed E-state index contributed by atoms with van der Waals surface area (Å²) in [6, 6.07) is 0. The fraction of sp³-hybridized carbons (Fsp3) is 0.583. The Morgan fingerprint density at radius 1 is 1.31 bits per heavy atom. The van der Waals surface area contributed by atoms with E-state index in [2.05, 4.69) is 13.0 Å². The Hall–Kier alpha value is -0.850. The predicted molar refractivity (Wildman–Crippen MR) is 57.7 cm³/mol. The fourth-order valence-electron chi connectivity index (χ4n) is 1.95. The van der Waals surface area contributed by atoms with E-state index in [1.165, 1.54) is 16.7 Å². The lowest BCUT2D eigenvalue weighted by molar-refractivity contribution is -0.118. The van der Waals surface area contributed by atoms with E-state index in [1.54, 1.807) is 0 Å². The van der Waals surface area contributed by atoms with E-state index in [4.69, 9.17) is 0 Å². The van der Waals surface area contributed by atoms with Crippen LogP contribution in [0.3, 0.4) is 0 Å². The largest absolute Gasteiger partial charge is 0.299 e. The van der Waals surface area contributed by atoms with E-state index in [1.807, 2.05) is 13.8 Å². The molecule has 74 valence electrons. The topological polar surface area (TPSA) is 17.1 Å². The Labute approximate surface area is 82.0 Å². The molecule has 0 saturated heterocycles. The Balaban J connectivity index is 0.000000531. The number of ketones is 1. The Bertz CT molecular complexity index is 274. The van der Waals surface area contributed by atoms with Gasteiger partial charge in [0.2, 0.25) is 0 Å². The number of carbonyl (C=O) groups excluding carboxylic acids is 1. The molecule has 0 radical (unpaired) electrons. The number of hydrogen-bond acceptors (Lipinski definition) is 1. The second kappa shape index (κ2) is 4.40. The van der Waals surface area contributed by atoms with Crippen LogP contribution in [0.15, 0.2) is 22.8 Å². The number of carbonyl (C=O) groups is 1. The summed E-state index contributed by atoms with van der Waals surface area (Å²) in [6.45, 7) is 6.15. The van der Waals surface area contributed by atoms with Crippen LogP contribution in [0, 0.1) is 0 Å². The van der Waals surface area contributed by atoms with Gasteiger partial charge in [-0.2, -0.15) is 0 Å². The van der Waals surface area contributed by atoms with Gasteiger partial charge in [0.15, 0.2) is 0 Å². The molecule has 2 aliphatic carbocycles. The van der Waals surface area contributed by atoms with Crippen molar-refractivity contribution >= 4 is 5.78 Å². The zero-order valence-corrected chi connectivity index (χ0v) is 8.81. The van der Waals surface area contributed by atoms with Crippen LogP contribution in [0.1, 0.15) is 47.9 Å². The highest BCUT2D eigenvalue weighted by molar-refractivity contribution is 5.83. The molecular weight excluding hydrogens is 160 g/mol. The zero-order valence-electron chi connectivity index (χ0n) is 8.81. The second-order valence-electron chi connectivity index (χ2n) is 3.39. The van der Waals surface area contributed by atoms with Crippen molar-refractivity contribution in [3.8, 4) is 0 Å². The molecule has 0 aromatic heterocycles. The summed E-state index contributed by atoms with van der Waals surface area (Å²) < 4.78 is 0. The van der Waals surface area contributed by atoms with Gasteiger partial charge in [-0.1, -0.05) is 31.1 Å². The van der Waals surface area contributed by atoms with E-state index in [9.17, 15) is 4.79 Å². The maximum atomic E-state index is 11.1. The summed E-state index contributed by atoms with van der Waals surface area (Å²) in [7, 11) is 0. The van der Waals surface area contributed by atoms with Gasteiger partial charge in [-0.05, 0) is 25.3 Å². The Kier molecular flexibility index (Phi) is 3.47. The zero-order chi connectivity index (χ0) is 9.84. The minimum Gasteiger partial charge on any atom is -0.299 e. The molecule has 0 fully saturated rings.